The Bertz CT molecular complexity index is 314. The summed E-state index contributed by atoms with van der Waals surface area (Å²) in [6.07, 6.45) is 0.137. The van der Waals surface area contributed by atoms with Gasteiger partial charge in [-0.25, -0.2) is 4.39 Å². The number of ether oxygens (including phenoxy) is 1. The van der Waals surface area contributed by atoms with Crippen LogP contribution < -0.4 is 5.32 Å². The first-order chi connectivity index (χ1) is 7.13. The molecule has 0 aromatic heterocycles. The normalized spacial score (nSPS) is 12.8. The zero-order valence-electron chi connectivity index (χ0n) is 9.51. The van der Waals surface area contributed by atoms with E-state index in [-0.39, 0.29) is 11.9 Å². The molecule has 0 spiro atoms. The molecule has 0 aliphatic carbocycles. The van der Waals surface area contributed by atoms with Crippen molar-refractivity contribution < 1.29 is 9.13 Å². The molecule has 1 N–H and O–H groups in total. The molecule has 15 heavy (non-hydrogen) atoms. The highest BCUT2D eigenvalue weighted by atomic mass is 19.1. The maximum Gasteiger partial charge on any atom is 0.123 e. The largest absolute Gasteiger partial charge is 0.372 e. The predicted octanol–water partition coefficient (Wildman–Crippen LogP) is 2.26. The summed E-state index contributed by atoms with van der Waals surface area (Å²) in [6, 6.07) is 4.77. The van der Waals surface area contributed by atoms with Gasteiger partial charge in [0, 0.05) is 6.54 Å². The molecule has 1 rings (SSSR count). The van der Waals surface area contributed by atoms with Crippen molar-refractivity contribution in [3.63, 3.8) is 0 Å². The van der Waals surface area contributed by atoms with Gasteiger partial charge in [-0.15, -0.1) is 0 Å². The SMILES string of the molecule is CNCC(C)OCc1cc(F)ccc1C. The van der Waals surface area contributed by atoms with Gasteiger partial charge < -0.3 is 10.1 Å². The number of aryl methyl sites for hydroxylation is 1. The van der Waals surface area contributed by atoms with Gasteiger partial charge in [-0.3, -0.25) is 0 Å². The molecule has 0 heterocycles. The zero-order valence-corrected chi connectivity index (χ0v) is 9.51. The van der Waals surface area contributed by atoms with E-state index in [0.29, 0.717) is 6.61 Å². The van der Waals surface area contributed by atoms with E-state index >= 15 is 0 Å². The highest BCUT2D eigenvalue weighted by Gasteiger charge is 2.04. The molecule has 2 nitrogen and oxygen atoms in total. The van der Waals surface area contributed by atoms with Crippen LogP contribution in [0, 0.1) is 12.7 Å². The molecule has 0 saturated carbocycles. The minimum Gasteiger partial charge on any atom is -0.372 e. The number of benzene rings is 1. The lowest BCUT2D eigenvalue weighted by Crippen LogP contribution is -2.23. The Kier molecular flexibility index (Phi) is 4.72. The van der Waals surface area contributed by atoms with Crippen molar-refractivity contribution in [2.45, 2.75) is 26.6 Å². The number of rotatable bonds is 5. The Morgan fingerprint density at radius 3 is 2.87 bits per heavy atom. The van der Waals surface area contributed by atoms with Crippen molar-refractivity contribution in [2.75, 3.05) is 13.6 Å². The summed E-state index contributed by atoms with van der Waals surface area (Å²) < 4.78 is 18.5. The lowest BCUT2D eigenvalue weighted by atomic mass is 10.1. The summed E-state index contributed by atoms with van der Waals surface area (Å²) in [5.41, 5.74) is 1.98. The summed E-state index contributed by atoms with van der Waals surface area (Å²) in [5, 5.41) is 3.03. The quantitative estimate of drug-likeness (QED) is 0.806. The fourth-order valence-electron chi connectivity index (χ4n) is 1.37. The van der Waals surface area contributed by atoms with Crippen LogP contribution in [0.4, 0.5) is 4.39 Å². The lowest BCUT2D eigenvalue weighted by Gasteiger charge is -2.13. The number of halogens is 1. The van der Waals surface area contributed by atoms with E-state index in [1.165, 1.54) is 12.1 Å². The molecule has 0 aliphatic heterocycles. The van der Waals surface area contributed by atoms with Crippen LogP contribution in [0.1, 0.15) is 18.1 Å². The predicted molar refractivity (Wildman–Crippen MR) is 59.3 cm³/mol. The number of hydrogen-bond acceptors (Lipinski definition) is 2. The Morgan fingerprint density at radius 1 is 1.47 bits per heavy atom. The van der Waals surface area contributed by atoms with E-state index in [1.54, 1.807) is 6.07 Å². The topological polar surface area (TPSA) is 21.3 Å². The van der Waals surface area contributed by atoms with Gasteiger partial charge in [0.1, 0.15) is 5.82 Å². The van der Waals surface area contributed by atoms with Crippen LogP contribution in [0.3, 0.4) is 0 Å². The van der Waals surface area contributed by atoms with Crippen LogP contribution in [0.2, 0.25) is 0 Å². The van der Waals surface area contributed by atoms with Crippen molar-refractivity contribution in [2.24, 2.45) is 0 Å². The van der Waals surface area contributed by atoms with Crippen LogP contribution in [-0.2, 0) is 11.3 Å². The van der Waals surface area contributed by atoms with E-state index in [0.717, 1.165) is 17.7 Å². The van der Waals surface area contributed by atoms with E-state index < -0.39 is 0 Å². The summed E-state index contributed by atoms with van der Waals surface area (Å²) in [5.74, 6) is -0.208. The monoisotopic (exact) mass is 211 g/mol. The van der Waals surface area contributed by atoms with Gasteiger partial charge in [-0.1, -0.05) is 6.07 Å². The minimum atomic E-state index is -0.208. The summed E-state index contributed by atoms with van der Waals surface area (Å²) in [4.78, 5) is 0. The van der Waals surface area contributed by atoms with Crippen molar-refractivity contribution in [1.82, 2.24) is 5.32 Å². The first-order valence-electron chi connectivity index (χ1n) is 5.14. The van der Waals surface area contributed by atoms with Crippen LogP contribution in [0.5, 0.6) is 0 Å². The molecular weight excluding hydrogens is 193 g/mol. The van der Waals surface area contributed by atoms with E-state index in [2.05, 4.69) is 5.32 Å². The van der Waals surface area contributed by atoms with Crippen LogP contribution in [-0.4, -0.2) is 19.7 Å². The van der Waals surface area contributed by atoms with Crippen molar-refractivity contribution in [1.29, 1.82) is 0 Å². The Morgan fingerprint density at radius 2 is 2.20 bits per heavy atom. The fourth-order valence-corrected chi connectivity index (χ4v) is 1.37. The van der Waals surface area contributed by atoms with Gasteiger partial charge in [0.15, 0.2) is 0 Å². The van der Waals surface area contributed by atoms with E-state index in [1.807, 2.05) is 20.9 Å². The van der Waals surface area contributed by atoms with Crippen LogP contribution in [0.15, 0.2) is 18.2 Å². The summed E-state index contributed by atoms with van der Waals surface area (Å²) in [7, 11) is 1.88. The van der Waals surface area contributed by atoms with Gasteiger partial charge in [0.2, 0.25) is 0 Å². The Labute approximate surface area is 90.4 Å². The third kappa shape index (κ3) is 3.98. The second-order valence-corrected chi connectivity index (χ2v) is 3.75. The van der Waals surface area contributed by atoms with Gasteiger partial charge in [-0.2, -0.15) is 0 Å². The Hall–Kier alpha value is -0.930. The number of hydrogen-bond donors (Lipinski definition) is 1. The highest BCUT2D eigenvalue weighted by Crippen LogP contribution is 2.12. The first-order valence-corrected chi connectivity index (χ1v) is 5.14. The van der Waals surface area contributed by atoms with Gasteiger partial charge in [0.05, 0.1) is 12.7 Å². The molecule has 1 atom stereocenters. The van der Waals surface area contributed by atoms with Crippen LogP contribution in [0.25, 0.3) is 0 Å². The molecule has 3 heteroatoms. The summed E-state index contributed by atoms with van der Waals surface area (Å²) in [6.45, 7) is 5.22. The van der Waals surface area contributed by atoms with Crippen molar-refractivity contribution in [3.05, 3.63) is 35.1 Å². The smallest absolute Gasteiger partial charge is 0.123 e. The average Bonchev–Trinajstić information content (AvgIpc) is 2.20. The fraction of sp³-hybridized carbons (Fsp3) is 0.500. The molecule has 0 saturated heterocycles. The number of likely N-dealkylation sites (N-methyl/N-ethyl adjacent to an activating group) is 1. The molecule has 0 bridgehead atoms. The second-order valence-electron chi connectivity index (χ2n) is 3.75. The van der Waals surface area contributed by atoms with E-state index in [4.69, 9.17) is 4.74 Å². The van der Waals surface area contributed by atoms with Crippen molar-refractivity contribution >= 4 is 0 Å². The second kappa shape index (κ2) is 5.83. The third-order valence-electron chi connectivity index (χ3n) is 2.33. The maximum absolute atomic E-state index is 13.0. The molecule has 0 aliphatic rings. The molecule has 0 radical (unpaired) electrons. The molecular formula is C12H18FNO. The standard InChI is InChI=1S/C12H18FNO/c1-9-4-5-12(13)6-11(9)8-15-10(2)7-14-3/h4-6,10,14H,7-8H2,1-3H3. The third-order valence-corrected chi connectivity index (χ3v) is 2.33. The number of nitrogens with one attached hydrogen (secondary N) is 1. The van der Waals surface area contributed by atoms with Crippen molar-refractivity contribution in [3.8, 4) is 0 Å². The molecule has 1 aromatic rings. The first kappa shape index (κ1) is 12.1. The molecule has 1 aromatic carbocycles. The molecule has 0 fully saturated rings. The lowest BCUT2D eigenvalue weighted by molar-refractivity contribution is 0.0541. The highest BCUT2D eigenvalue weighted by molar-refractivity contribution is 5.25. The van der Waals surface area contributed by atoms with E-state index in [9.17, 15) is 4.39 Å². The zero-order chi connectivity index (χ0) is 11.3. The Balaban J connectivity index is 2.53. The van der Waals surface area contributed by atoms with Crippen LogP contribution >= 0.6 is 0 Å². The minimum absolute atomic E-state index is 0.137. The van der Waals surface area contributed by atoms with Gasteiger partial charge in [-0.05, 0) is 44.2 Å². The molecule has 84 valence electrons. The van der Waals surface area contributed by atoms with Gasteiger partial charge >= 0.3 is 0 Å². The molecule has 1 unspecified atom stereocenters. The maximum atomic E-state index is 13.0. The average molecular weight is 211 g/mol. The molecule has 0 amide bonds. The summed E-state index contributed by atoms with van der Waals surface area (Å²) >= 11 is 0. The van der Waals surface area contributed by atoms with Gasteiger partial charge in [0.25, 0.3) is 0 Å².